The van der Waals surface area contributed by atoms with E-state index in [-0.39, 0.29) is 11.6 Å². The number of carbonyl (C=O) groups is 1. The minimum absolute atomic E-state index is 0.264. The van der Waals surface area contributed by atoms with Crippen LogP contribution in [0, 0.1) is 0 Å². The number of hydrogen-bond acceptors (Lipinski definition) is 7. The Bertz CT molecular complexity index is 1010. The molecule has 0 atom stereocenters. The third-order valence-corrected chi connectivity index (χ3v) is 5.71. The van der Waals surface area contributed by atoms with Gasteiger partial charge in [-0.25, -0.2) is 4.98 Å². The van der Waals surface area contributed by atoms with E-state index in [0.29, 0.717) is 24.0 Å². The van der Waals surface area contributed by atoms with Crippen molar-refractivity contribution in [2.24, 2.45) is 0 Å². The van der Waals surface area contributed by atoms with Gasteiger partial charge in [-0.05, 0) is 29.8 Å². The molecule has 8 nitrogen and oxygen atoms in total. The summed E-state index contributed by atoms with van der Waals surface area (Å²) < 4.78 is 11.1. The van der Waals surface area contributed by atoms with Crippen LogP contribution in [0.25, 0.3) is 0 Å². The molecule has 0 radical (unpaired) electrons. The van der Waals surface area contributed by atoms with Crippen LogP contribution in [0.15, 0.2) is 59.3 Å². The van der Waals surface area contributed by atoms with Gasteiger partial charge in [0.15, 0.2) is 5.69 Å². The van der Waals surface area contributed by atoms with Crippen LogP contribution in [-0.4, -0.2) is 65.1 Å². The maximum absolute atomic E-state index is 12.5. The summed E-state index contributed by atoms with van der Waals surface area (Å²) in [5, 5.41) is 3.54. The first kappa shape index (κ1) is 23.4. The van der Waals surface area contributed by atoms with Crippen molar-refractivity contribution in [2.75, 3.05) is 39.4 Å². The minimum atomic E-state index is -0.284. The Morgan fingerprint density at radius 2 is 1.94 bits per heavy atom. The van der Waals surface area contributed by atoms with Crippen LogP contribution in [0.3, 0.4) is 0 Å². The zero-order valence-electron chi connectivity index (χ0n) is 18.5. The van der Waals surface area contributed by atoms with E-state index in [0.717, 1.165) is 57.2 Å². The van der Waals surface area contributed by atoms with Gasteiger partial charge in [-0.3, -0.25) is 19.6 Å². The zero-order chi connectivity index (χ0) is 22.9. The number of carbonyl (C=O) groups excluding carboxylic acids is 1. The molecule has 3 aromatic rings. The monoisotopic (exact) mass is 469 g/mol. The van der Waals surface area contributed by atoms with Crippen molar-refractivity contribution < 1.29 is 13.9 Å². The van der Waals surface area contributed by atoms with Crippen molar-refractivity contribution in [1.29, 1.82) is 0 Å². The summed E-state index contributed by atoms with van der Waals surface area (Å²) in [4.78, 5) is 25.7. The molecular formula is C24H28ClN5O3. The maximum Gasteiger partial charge on any atom is 0.273 e. The van der Waals surface area contributed by atoms with Gasteiger partial charge in [0.2, 0.25) is 5.89 Å². The predicted molar refractivity (Wildman–Crippen MR) is 125 cm³/mol. The smallest absolute Gasteiger partial charge is 0.273 e. The van der Waals surface area contributed by atoms with Crippen molar-refractivity contribution in [3.63, 3.8) is 0 Å². The third kappa shape index (κ3) is 7.36. The molecule has 0 spiro atoms. The molecule has 1 aromatic carbocycles. The highest BCUT2D eigenvalue weighted by Crippen LogP contribution is 2.14. The highest BCUT2D eigenvalue weighted by molar-refractivity contribution is 6.30. The molecule has 33 heavy (non-hydrogen) atoms. The number of rotatable bonds is 10. The van der Waals surface area contributed by atoms with E-state index in [1.807, 2.05) is 42.5 Å². The van der Waals surface area contributed by atoms with Gasteiger partial charge < -0.3 is 14.5 Å². The summed E-state index contributed by atoms with van der Waals surface area (Å²) in [5.74, 6) is 0.224. The third-order valence-electron chi connectivity index (χ3n) is 5.46. The summed E-state index contributed by atoms with van der Waals surface area (Å²) in [5.41, 5.74) is 2.20. The molecule has 1 N–H and O–H groups in total. The number of nitrogens with zero attached hydrogens (tertiary/aromatic N) is 4. The molecule has 2 aromatic heterocycles. The van der Waals surface area contributed by atoms with Crippen molar-refractivity contribution in [1.82, 2.24) is 25.1 Å². The van der Waals surface area contributed by atoms with Gasteiger partial charge in [-0.15, -0.1) is 0 Å². The fourth-order valence-corrected chi connectivity index (χ4v) is 3.74. The largest absolute Gasteiger partial charge is 0.447 e. The van der Waals surface area contributed by atoms with E-state index in [9.17, 15) is 4.79 Å². The number of benzene rings is 1. The number of pyridine rings is 1. The first-order chi connectivity index (χ1) is 16.2. The van der Waals surface area contributed by atoms with Crippen molar-refractivity contribution in [3.8, 4) is 0 Å². The van der Waals surface area contributed by atoms with Gasteiger partial charge in [0, 0.05) is 43.9 Å². The van der Waals surface area contributed by atoms with Gasteiger partial charge in [-0.2, -0.15) is 0 Å². The number of ether oxygens (including phenoxy) is 1. The molecule has 4 rings (SSSR count). The number of amides is 1. The molecule has 1 aliphatic rings. The van der Waals surface area contributed by atoms with Gasteiger partial charge in [0.05, 0.1) is 32.0 Å². The summed E-state index contributed by atoms with van der Waals surface area (Å²) in [6, 6.07) is 13.4. The minimum Gasteiger partial charge on any atom is -0.447 e. The van der Waals surface area contributed by atoms with Crippen LogP contribution in [0.2, 0.25) is 5.02 Å². The molecule has 1 amide bonds. The van der Waals surface area contributed by atoms with E-state index in [2.05, 4.69) is 25.1 Å². The number of nitrogens with one attached hydrogen (secondary N) is 1. The van der Waals surface area contributed by atoms with Gasteiger partial charge in [0.25, 0.3) is 5.91 Å². The number of oxazole rings is 1. The van der Waals surface area contributed by atoms with E-state index < -0.39 is 0 Å². The molecular weight excluding hydrogens is 442 g/mol. The van der Waals surface area contributed by atoms with Crippen LogP contribution in [0.1, 0.15) is 27.6 Å². The topological polar surface area (TPSA) is 83.7 Å². The Labute approximate surface area is 198 Å². The van der Waals surface area contributed by atoms with Crippen LogP contribution >= 0.6 is 11.6 Å². The fourth-order valence-electron chi connectivity index (χ4n) is 3.61. The molecule has 9 heteroatoms. The van der Waals surface area contributed by atoms with E-state index >= 15 is 0 Å². The van der Waals surface area contributed by atoms with Crippen LogP contribution in [0.4, 0.5) is 0 Å². The molecule has 1 fully saturated rings. The zero-order valence-corrected chi connectivity index (χ0v) is 19.2. The lowest BCUT2D eigenvalue weighted by Crippen LogP contribution is -2.41. The maximum atomic E-state index is 12.5. The SMILES string of the molecule is O=C(NCc1ccccn1)c1coc(CN(CCN2CCOCC2)Cc2ccc(Cl)cc2)n1. The quantitative estimate of drug-likeness (QED) is 0.488. The van der Waals surface area contributed by atoms with Crippen LogP contribution in [0.5, 0.6) is 0 Å². The summed E-state index contributed by atoms with van der Waals surface area (Å²) in [6.07, 6.45) is 3.10. The molecule has 174 valence electrons. The predicted octanol–water partition coefficient (Wildman–Crippen LogP) is 2.99. The summed E-state index contributed by atoms with van der Waals surface area (Å²) in [6.45, 7) is 6.75. The Balaban J connectivity index is 1.36. The van der Waals surface area contributed by atoms with E-state index in [1.54, 1.807) is 6.20 Å². The van der Waals surface area contributed by atoms with Gasteiger partial charge >= 0.3 is 0 Å². The van der Waals surface area contributed by atoms with E-state index in [4.69, 9.17) is 20.8 Å². The summed E-state index contributed by atoms with van der Waals surface area (Å²) in [7, 11) is 0. The lowest BCUT2D eigenvalue weighted by molar-refractivity contribution is 0.0320. The molecule has 3 heterocycles. The number of morpholine rings is 1. The van der Waals surface area contributed by atoms with Gasteiger partial charge in [0.1, 0.15) is 6.26 Å². The second kappa shape index (κ2) is 11.9. The Morgan fingerprint density at radius 3 is 2.70 bits per heavy atom. The molecule has 0 bridgehead atoms. The molecule has 0 saturated carbocycles. The lowest BCUT2D eigenvalue weighted by Gasteiger charge is -2.29. The first-order valence-corrected chi connectivity index (χ1v) is 11.4. The highest BCUT2D eigenvalue weighted by Gasteiger charge is 2.17. The van der Waals surface area contributed by atoms with E-state index in [1.165, 1.54) is 6.26 Å². The Kier molecular flexibility index (Phi) is 8.43. The average molecular weight is 470 g/mol. The van der Waals surface area contributed by atoms with Crippen molar-refractivity contribution in [2.45, 2.75) is 19.6 Å². The number of aromatic nitrogens is 2. The lowest BCUT2D eigenvalue weighted by atomic mass is 10.2. The number of halogens is 1. The standard InChI is InChI=1S/C24H28ClN5O3/c25-20-6-4-19(5-7-20)16-30(10-9-29-11-13-32-14-12-29)17-23-28-22(18-33-23)24(31)27-15-21-3-1-2-8-26-21/h1-8,18H,9-17H2,(H,27,31). The Hall–Kier alpha value is -2.78. The van der Waals surface area contributed by atoms with Crippen LogP contribution in [-0.2, 0) is 24.4 Å². The fraction of sp³-hybridized carbons (Fsp3) is 0.375. The highest BCUT2D eigenvalue weighted by atomic mass is 35.5. The number of hydrogen-bond donors (Lipinski definition) is 1. The average Bonchev–Trinajstić information content (AvgIpc) is 3.32. The van der Waals surface area contributed by atoms with Crippen molar-refractivity contribution >= 4 is 17.5 Å². The second-order valence-corrected chi connectivity index (χ2v) is 8.36. The van der Waals surface area contributed by atoms with Crippen LogP contribution < -0.4 is 5.32 Å². The molecule has 0 aliphatic carbocycles. The molecule has 1 aliphatic heterocycles. The van der Waals surface area contributed by atoms with Gasteiger partial charge in [-0.1, -0.05) is 29.8 Å². The first-order valence-electron chi connectivity index (χ1n) is 11.0. The second-order valence-electron chi connectivity index (χ2n) is 7.92. The van der Waals surface area contributed by atoms with Crippen molar-refractivity contribution in [3.05, 3.63) is 82.8 Å². The molecule has 1 saturated heterocycles. The Morgan fingerprint density at radius 1 is 1.12 bits per heavy atom. The summed E-state index contributed by atoms with van der Waals surface area (Å²) >= 11 is 6.04. The normalized spacial score (nSPS) is 14.5. The molecule has 0 unspecified atom stereocenters.